The van der Waals surface area contributed by atoms with E-state index >= 15 is 0 Å². The van der Waals surface area contributed by atoms with Crippen LogP contribution in [0.1, 0.15) is 26.3 Å². The van der Waals surface area contributed by atoms with Crippen LogP contribution in [0.25, 0.3) is 0 Å². The van der Waals surface area contributed by atoms with Crippen LogP contribution in [0, 0.1) is 0 Å². The van der Waals surface area contributed by atoms with E-state index in [1.54, 1.807) is 14.2 Å². The summed E-state index contributed by atoms with van der Waals surface area (Å²) in [6.07, 6.45) is -0.200. The van der Waals surface area contributed by atoms with Crippen molar-refractivity contribution < 1.29 is 9.47 Å². The highest BCUT2D eigenvalue weighted by molar-refractivity contribution is 5.14. The Morgan fingerprint density at radius 1 is 1.06 bits per heavy atom. The predicted octanol–water partition coefficient (Wildman–Crippen LogP) is 2.81. The molecule has 0 bridgehead atoms. The smallest absolute Gasteiger partial charge is 0.171 e. The Bertz CT molecular complexity index is 260. The molecule has 0 aliphatic rings. The van der Waals surface area contributed by atoms with Gasteiger partial charge in [-0.25, -0.2) is 0 Å². The second-order valence-corrected chi connectivity index (χ2v) is 3.49. The van der Waals surface area contributed by atoms with E-state index in [9.17, 15) is 0 Å². The number of nitrogens with one attached hydrogen (secondary N) is 1. The summed E-state index contributed by atoms with van der Waals surface area (Å²) in [5.74, 6) is 0. The molecule has 0 saturated heterocycles. The van der Waals surface area contributed by atoms with Crippen LogP contribution in [0.2, 0.25) is 0 Å². The highest BCUT2D eigenvalue weighted by Crippen LogP contribution is 2.02. The van der Waals surface area contributed by atoms with Crippen molar-refractivity contribution in [2.45, 2.75) is 39.6 Å². The van der Waals surface area contributed by atoms with Gasteiger partial charge in [0.15, 0.2) is 6.29 Å². The van der Waals surface area contributed by atoms with Crippen molar-refractivity contribution in [2.24, 2.45) is 0 Å². The van der Waals surface area contributed by atoms with Gasteiger partial charge in [-0.05, 0) is 12.5 Å². The molecule has 98 valence electrons. The first-order chi connectivity index (χ1) is 8.27. The Morgan fingerprint density at radius 2 is 1.59 bits per heavy atom. The number of hydrogen-bond acceptors (Lipinski definition) is 3. The topological polar surface area (TPSA) is 30.5 Å². The standard InChI is InChI=1S/C12H19NO2.C2H6/c1-10(12(14-2)15-3)13-9-11-7-5-4-6-8-11;1-2/h4-8,10,12-13H,9H2,1-3H3;1-2H3. The first-order valence-electron chi connectivity index (χ1n) is 6.11. The van der Waals surface area contributed by atoms with E-state index in [0.29, 0.717) is 0 Å². The van der Waals surface area contributed by atoms with E-state index < -0.39 is 0 Å². The monoisotopic (exact) mass is 239 g/mol. The molecule has 1 aromatic rings. The summed E-state index contributed by atoms with van der Waals surface area (Å²) >= 11 is 0. The Balaban J connectivity index is 0.00000121. The van der Waals surface area contributed by atoms with Crippen LogP contribution in [-0.4, -0.2) is 26.6 Å². The molecule has 0 amide bonds. The fourth-order valence-corrected chi connectivity index (χ4v) is 1.48. The summed E-state index contributed by atoms with van der Waals surface area (Å²) in [5, 5.41) is 3.35. The lowest BCUT2D eigenvalue weighted by Crippen LogP contribution is -2.39. The quantitative estimate of drug-likeness (QED) is 0.774. The van der Waals surface area contributed by atoms with Gasteiger partial charge >= 0.3 is 0 Å². The van der Waals surface area contributed by atoms with Gasteiger partial charge in [-0.15, -0.1) is 0 Å². The molecule has 3 heteroatoms. The van der Waals surface area contributed by atoms with Crippen LogP contribution in [0.5, 0.6) is 0 Å². The zero-order valence-corrected chi connectivity index (χ0v) is 11.6. The van der Waals surface area contributed by atoms with Gasteiger partial charge in [0, 0.05) is 20.8 Å². The van der Waals surface area contributed by atoms with Crippen molar-refractivity contribution in [1.82, 2.24) is 5.32 Å². The molecule has 17 heavy (non-hydrogen) atoms. The first kappa shape index (κ1) is 16.1. The average Bonchev–Trinajstić information content (AvgIpc) is 2.41. The van der Waals surface area contributed by atoms with Gasteiger partial charge in [0.05, 0.1) is 6.04 Å². The number of rotatable bonds is 6. The molecule has 0 aromatic heterocycles. The summed E-state index contributed by atoms with van der Waals surface area (Å²) in [6, 6.07) is 10.4. The predicted molar refractivity (Wildman–Crippen MR) is 71.9 cm³/mol. The maximum absolute atomic E-state index is 5.16. The molecule has 1 aromatic carbocycles. The van der Waals surface area contributed by atoms with Crippen LogP contribution < -0.4 is 5.32 Å². The molecule has 0 aliphatic heterocycles. The van der Waals surface area contributed by atoms with E-state index in [-0.39, 0.29) is 12.3 Å². The van der Waals surface area contributed by atoms with Crippen molar-refractivity contribution in [3.05, 3.63) is 35.9 Å². The second-order valence-electron chi connectivity index (χ2n) is 3.49. The number of ether oxygens (including phenoxy) is 2. The third kappa shape index (κ3) is 6.41. The lowest BCUT2D eigenvalue weighted by atomic mass is 10.2. The molecular weight excluding hydrogens is 214 g/mol. The molecule has 0 fully saturated rings. The molecule has 0 spiro atoms. The van der Waals surface area contributed by atoms with Gasteiger partial charge in [0.25, 0.3) is 0 Å². The molecule has 1 atom stereocenters. The second kappa shape index (κ2) is 10.3. The maximum atomic E-state index is 5.16. The molecule has 0 aliphatic carbocycles. The average molecular weight is 239 g/mol. The van der Waals surface area contributed by atoms with Crippen LogP contribution in [0.15, 0.2) is 30.3 Å². The summed E-state index contributed by atoms with van der Waals surface area (Å²) in [7, 11) is 3.30. The lowest BCUT2D eigenvalue weighted by Gasteiger charge is -2.22. The van der Waals surface area contributed by atoms with Gasteiger partial charge in [-0.1, -0.05) is 44.2 Å². The van der Waals surface area contributed by atoms with Gasteiger partial charge in [0.1, 0.15) is 0 Å². The highest BCUT2D eigenvalue weighted by atomic mass is 16.7. The lowest BCUT2D eigenvalue weighted by molar-refractivity contribution is -0.119. The van der Waals surface area contributed by atoms with E-state index in [1.807, 2.05) is 39.0 Å². The number of hydrogen-bond donors (Lipinski definition) is 1. The van der Waals surface area contributed by atoms with Crippen LogP contribution in [-0.2, 0) is 16.0 Å². The largest absolute Gasteiger partial charge is 0.354 e. The third-order valence-electron chi connectivity index (χ3n) is 2.34. The summed E-state index contributed by atoms with van der Waals surface area (Å²) in [6.45, 7) is 6.87. The minimum absolute atomic E-state index is 0.167. The molecular formula is C14H25NO2. The van der Waals surface area contributed by atoms with E-state index in [4.69, 9.17) is 9.47 Å². The van der Waals surface area contributed by atoms with Crippen LogP contribution in [0.4, 0.5) is 0 Å². The Kier molecular flexibility index (Phi) is 9.72. The van der Waals surface area contributed by atoms with Crippen LogP contribution >= 0.6 is 0 Å². The van der Waals surface area contributed by atoms with Crippen LogP contribution in [0.3, 0.4) is 0 Å². The Hall–Kier alpha value is -0.900. The number of benzene rings is 1. The minimum atomic E-state index is -0.200. The fourth-order valence-electron chi connectivity index (χ4n) is 1.48. The summed E-state index contributed by atoms with van der Waals surface area (Å²) < 4.78 is 10.3. The fraction of sp³-hybridized carbons (Fsp3) is 0.571. The minimum Gasteiger partial charge on any atom is -0.354 e. The Morgan fingerprint density at radius 3 is 2.06 bits per heavy atom. The van der Waals surface area contributed by atoms with Gasteiger partial charge in [-0.3, -0.25) is 0 Å². The molecule has 0 saturated carbocycles. The van der Waals surface area contributed by atoms with Crippen molar-refractivity contribution in [2.75, 3.05) is 14.2 Å². The van der Waals surface area contributed by atoms with Gasteiger partial charge in [0.2, 0.25) is 0 Å². The SMILES string of the molecule is CC.COC(OC)C(C)NCc1ccccc1. The van der Waals surface area contributed by atoms with E-state index in [1.165, 1.54) is 5.56 Å². The third-order valence-corrected chi connectivity index (χ3v) is 2.34. The molecule has 3 nitrogen and oxygen atoms in total. The molecule has 1 rings (SSSR count). The molecule has 0 heterocycles. The van der Waals surface area contributed by atoms with Crippen molar-refractivity contribution in [3.8, 4) is 0 Å². The zero-order chi connectivity index (χ0) is 13.1. The first-order valence-corrected chi connectivity index (χ1v) is 6.11. The van der Waals surface area contributed by atoms with E-state index in [2.05, 4.69) is 17.4 Å². The normalized spacial score (nSPS) is 11.9. The van der Waals surface area contributed by atoms with Crippen molar-refractivity contribution in [1.29, 1.82) is 0 Å². The Labute approximate surface area is 105 Å². The zero-order valence-electron chi connectivity index (χ0n) is 11.6. The van der Waals surface area contributed by atoms with E-state index in [0.717, 1.165) is 6.54 Å². The summed E-state index contributed by atoms with van der Waals surface area (Å²) in [4.78, 5) is 0. The molecule has 0 radical (unpaired) electrons. The van der Waals surface area contributed by atoms with Gasteiger partial charge < -0.3 is 14.8 Å². The number of methoxy groups -OCH3 is 2. The van der Waals surface area contributed by atoms with Crippen molar-refractivity contribution in [3.63, 3.8) is 0 Å². The maximum Gasteiger partial charge on any atom is 0.171 e. The van der Waals surface area contributed by atoms with Gasteiger partial charge in [-0.2, -0.15) is 0 Å². The molecule has 1 unspecified atom stereocenters. The highest BCUT2D eigenvalue weighted by Gasteiger charge is 2.14. The molecule has 1 N–H and O–H groups in total. The summed E-state index contributed by atoms with van der Waals surface area (Å²) in [5.41, 5.74) is 1.26. The van der Waals surface area contributed by atoms with Crippen molar-refractivity contribution >= 4 is 0 Å².